The van der Waals surface area contributed by atoms with E-state index in [0.29, 0.717) is 5.56 Å². The second-order valence-electron chi connectivity index (χ2n) is 6.55. The van der Waals surface area contributed by atoms with Crippen LogP contribution in [-0.2, 0) is 0 Å². The highest BCUT2D eigenvalue weighted by atomic mass is 16.5. The van der Waals surface area contributed by atoms with E-state index < -0.39 is 0 Å². The molecule has 0 amide bonds. The third kappa shape index (κ3) is 4.29. The van der Waals surface area contributed by atoms with Crippen LogP contribution in [0.25, 0.3) is 16.6 Å². The molecule has 1 saturated heterocycles. The maximum absolute atomic E-state index is 10.8. The second kappa shape index (κ2) is 8.63. The topological polar surface area (TPSA) is 47.4 Å². The summed E-state index contributed by atoms with van der Waals surface area (Å²) in [7, 11) is 3.83. The molecular formula is C21H25N3O2. The molecular weight excluding hydrogens is 326 g/mol. The van der Waals surface area contributed by atoms with Gasteiger partial charge in [-0.15, -0.1) is 0 Å². The molecule has 0 aliphatic carbocycles. The summed E-state index contributed by atoms with van der Waals surface area (Å²) in [6.07, 6.45) is 6.87. The van der Waals surface area contributed by atoms with E-state index in [9.17, 15) is 4.79 Å². The fourth-order valence-corrected chi connectivity index (χ4v) is 3.11. The maximum atomic E-state index is 10.8. The van der Waals surface area contributed by atoms with Gasteiger partial charge in [-0.05, 0) is 75.4 Å². The third-order valence-electron chi connectivity index (χ3n) is 4.62. The first-order valence-electron chi connectivity index (χ1n) is 8.97. The first-order valence-corrected chi connectivity index (χ1v) is 8.97. The van der Waals surface area contributed by atoms with Crippen molar-refractivity contribution < 1.29 is 9.53 Å². The summed E-state index contributed by atoms with van der Waals surface area (Å²) in [5.41, 5.74) is 2.58. The van der Waals surface area contributed by atoms with Gasteiger partial charge in [0, 0.05) is 10.9 Å². The zero-order chi connectivity index (χ0) is 18.4. The smallest absolute Gasteiger partial charge is 0.150 e. The molecule has 4 rings (SSSR count). The SMILES string of the molecule is CN1CCCCC1.COc1ccc(-n2ncc3cc(C=O)ccc32)cc1. The second-order valence-corrected chi connectivity index (χ2v) is 6.55. The van der Waals surface area contributed by atoms with Gasteiger partial charge in [-0.1, -0.05) is 6.42 Å². The number of benzene rings is 2. The number of nitrogens with zero attached hydrogens (tertiary/aromatic N) is 3. The molecule has 2 aromatic carbocycles. The van der Waals surface area contributed by atoms with Crippen molar-refractivity contribution in [3.8, 4) is 11.4 Å². The van der Waals surface area contributed by atoms with Gasteiger partial charge >= 0.3 is 0 Å². The van der Waals surface area contributed by atoms with E-state index in [1.54, 1.807) is 19.4 Å². The third-order valence-corrected chi connectivity index (χ3v) is 4.62. The van der Waals surface area contributed by atoms with Crippen molar-refractivity contribution in [2.24, 2.45) is 0 Å². The molecule has 0 bridgehead atoms. The van der Waals surface area contributed by atoms with Crippen molar-refractivity contribution in [1.29, 1.82) is 0 Å². The van der Waals surface area contributed by atoms with E-state index in [1.165, 1.54) is 32.4 Å². The molecule has 0 radical (unpaired) electrons. The van der Waals surface area contributed by atoms with Gasteiger partial charge in [0.2, 0.25) is 0 Å². The average Bonchev–Trinajstić information content (AvgIpc) is 3.12. The lowest BCUT2D eigenvalue weighted by Crippen LogP contribution is -2.24. The van der Waals surface area contributed by atoms with E-state index in [1.807, 2.05) is 41.1 Å². The van der Waals surface area contributed by atoms with Gasteiger partial charge in [-0.2, -0.15) is 5.10 Å². The molecule has 1 aliphatic rings. The number of fused-ring (bicyclic) bond motifs is 1. The van der Waals surface area contributed by atoms with Crippen molar-refractivity contribution in [3.63, 3.8) is 0 Å². The number of hydrogen-bond acceptors (Lipinski definition) is 4. The van der Waals surface area contributed by atoms with Gasteiger partial charge in [0.05, 0.1) is 24.5 Å². The van der Waals surface area contributed by atoms with E-state index >= 15 is 0 Å². The molecule has 1 aliphatic heterocycles. The van der Waals surface area contributed by atoms with Crippen LogP contribution in [0.2, 0.25) is 0 Å². The van der Waals surface area contributed by atoms with Crippen molar-refractivity contribution in [3.05, 3.63) is 54.2 Å². The van der Waals surface area contributed by atoms with Crippen LogP contribution in [0.1, 0.15) is 29.6 Å². The number of aldehydes is 1. The van der Waals surface area contributed by atoms with Crippen molar-refractivity contribution in [2.75, 3.05) is 27.2 Å². The molecule has 0 saturated carbocycles. The highest BCUT2D eigenvalue weighted by Crippen LogP contribution is 2.21. The number of aromatic nitrogens is 2. The van der Waals surface area contributed by atoms with Gasteiger partial charge in [-0.3, -0.25) is 4.79 Å². The van der Waals surface area contributed by atoms with Crippen molar-refractivity contribution in [2.45, 2.75) is 19.3 Å². The van der Waals surface area contributed by atoms with Gasteiger partial charge < -0.3 is 9.64 Å². The van der Waals surface area contributed by atoms with Crippen LogP contribution >= 0.6 is 0 Å². The molecule has 0 N–H and O–H groups in total. The van der Waals surface area contributed by atoms with Crippen LogP contribution in [0.3, 0.4) is 0 Å². The zero-order valence-corrected chi connectivity index (χ0v) is 15.4. The van der Waals surface area contributed by atoms with E-state index in [0.717, 1.165) is 28.6 Å². The number of ether oxygens (including phenoxy) is 1. The first-order chi connectivity index (χ1) is 12.7. The highest BCUT2D eigenvalue weighted by Gasteiger charge is 2.05. The highest BCUT2D eigenvalue weighted by molar-refractivity contribution is 5.87. The summed E-state index contributed by atoms with van der Waals surface area (Å²) in [5.74, 6) is 0.809. The van der Waals surface area contributed by atoms with Gasteiger partial charge in [0.25, 0.3) is 0 Å². The molecule has 5 heteroatoms. The Labute approximate surface area is 154 Å². The molecule has 0 atom stereocenters. The number of carbonyl (C=O) groups excluding carboxylic acids is 1. The lowest BCUT2D eigenvalue weighted by molar-refractivity contribution is 0.112. The Kier molecular flexibility index (Phi) is 6.02. The van der Waals surface area contributed by atoms with Crippen LogP contribution in [0.15, 0.2) is 48.7 Å². The summed E-state index contributed by atoms with van der Waals surface area (Å²) >= 11 is 0. The Morgan fingerprint density at radius 3 is 2.35 bits per heavy atom. The molecule has 26 heavy (non-hydrogen) atoms. The molecule has 1 aromatic heterocycles. The fraction of sp³-hybridized carbons (Fsp3) is 0.333. The molecule has 1 fully saturated rings. The average molecular weight is 351 g/mol. The Balaban J connectivity index is 0.000000236. The number of carbonyl (C=O) groups is 1. The minimum Gasteiger partial charge on any atom is -0.497 e. The number of hydrogen-bond donors (Lipinski definition) is 0. The number of rotatable bonds is 3. The Morgan fingerprint density at radius 2 is 1.77 bits per heavy atom. The number of piperidine rings is 1. The molecule has 5 nitrogen and oxygen atoms in total. The largest absolute Gasteiger partial charge is 0.497 e. The Morgan fingerprint density at radius 1 is 1.04 bits per heavy atom. The summed E-state index contributed by atoms with van der Waals surface area (Å²) < 4.78 is 6.97. The summed E-state index contributed by atoms with van der Waals surface area (Å²) in [6, 6.07) is 13.2. The maximum Gasteiger partial charge on any atom is 0.150 e. The van der Waals surface area contributed by atoms with Gasteiger partial charge in [-0.25, -0.2) is 4.68 Å². The van der Waals surface area contributed by atoms with Crippen LogP contribution < -0.4 is 4.74 Å². The molecule has 2 heterocycles. The molecule has 136 valence electrons. The van der Waals surface area contributed by atoms with E-state index in [-0.39, 0.29) is 0 Å². The van der Waals surface area contributed by atoms with Crippen molar-refractivity contribution in [1.82, 2.24) is 14.7 Å². The van der Waals surface area contributed by atoms with Gasteiger partial charge in [0.1, 0.15) is 12.0 Å². The van der Waals surface area contributed by atoms with Crippen LogP contribution in [-0.4, -0.2) is 48.2 Å². The minimum absolute atomic E-state index is 0.654. The van der Waals surface area contributed by atoms with Crippen LogP contribution in [0, 0.1) is 0 Å². The normalized spacial score (nSPS) is 14.5. The summed E-state index contributed by atoms with van der Waals surface area (Å²) in [6.45, 7) is 2.64. The molecule has 0 spiro atoms. The van der Waals surface area contributed by atoms with Crippen LogP contribution in [0.5, 0.6) is 5.75 Å². The van der Waals surface area contributed by atoms with Gasteiger partial charge in [0.15, 0.2) is 0 Å². The van der Waals surface area contributed by atoms with E-state index in [2.05, 4.69) is 17.0 Å². The number of likely N-dealkylation sites (tertiary alicyclic amines) is 1. The molecule has 3 aromatic rings. The predicted molar refractivity (Wildman–Crippen MR) is 104 cm³/mol. The van der Waals surface area contributed by atoms with Crippen LogP contribution in [0.4, 0.5) is 0 Å². The Hall–Kier alpha value is -2.66. The summed E-state index contributed by atoms with van der Waals surface area (Å²) in [4.78, 5) is 13.1. The zero-order valence-electron chi connectivity index (χ0n) is 15.4. The van der Waals surface area contributed by atoms with E-state index in [4.69, 9.17) is 4.74 Å². The number of methoxy groups -OCH3 is 1. The quantitative estimate of drug-likeness (QED) is 0.671. The lowest BCUT2D eigenvalue weighted by atomic mass is 10.1. The predicted octanol–water partition coefficient (Wildman–Crippen LogP) is 3.95. The van der Waals surface area contributed by atoms with Crippen molar-refractivity contribution >= 4 is 17.2 Å². The molecule has 0 unspecified atom stereocenters. The Bertz CT molecular complexity index is 849. The standard InChI is InChI=1S/C15H12N2O2.C6H13N/c1-19-14-5-3-13(4-6-14)17-15-7-2-11(10-18)8-12(15)9-16-17;1-7-5-3-2-4-6-7/h2-10H,1H3;2-6H2,1H3. The first kappa shape index (κ1) is 18.1. The summed E-state index contributed by atoms with van der Waals surface area (Å²) in [5, 5.41) is 5.30. The lowest BCUT2D eigenvalue weighted by Gasteiger charge is -2.20. The fourth-order valence-electron chi connectivity index (χ4n) is 3.11. The minimum atomic E-state index is 0.654. The monoisotopic (exact) mass is 351 g/mol.